The van der Waals surface area contributed by atoms with Crippen molar-refractivity contribution in [1.29, 1.82) is 0 Å². The van der Waals surface area contributed by atoms with Gasteiger partial charge in [0.25, 0.3) is 5.91 Å². The van der Waals surface area contributed by atoms with E-state index in [1.54, 1.807) is 19.9 Å². The second-order valence-electron chi connectivity index (χ2n) is 3.40. The van der Waals surface area contributed by atoms with Gasteiger partial charge in [0.1, 0.15) is 0 Å². The monoisotopic (exact) mass is 221 g/mol. The van der Waals surface area contributed by atoms with Crippen molar-refractivity contribution in [1.82, 2.24) is 25.9 Å². The van der Waals surface area contributed by atoms with Gasteiger partial charge in [-0.25, -0.2) is 0 Å². The van der Waals surface area contributed by atoms with Crippen molar-refractivity contribution in [3.8, 4) is 0 Å². The molecule has 1 unspecified atom stereocenters. The lowest BCUT2D eigenvalue weighted by atomic mass is 10.2. The largest absolute Gasteiger partial charge is 0.459 e. The SMILES string of the molecule is Cc1ccoc1C(=O)NC(C)c1nn[nH]n1. The third kappa shape index (κ3) is 1.92. The molecule has 0 bridgehead atoms. The number of tetrazole rings is 1. The molecule has 2 aromatic heterocycles. The molecule has 0 radical (unpaired) electrons. The van der Waals surface area contributed by atoms with Crippen molar-refractivity contribution >= 4 is 5.91 Å². The molecule has 84 valence electrons. The number of aromatic nitrogens is 4. The maximum atomic E-state index is 11.7. The Labute approximate surface area is 91.2 Å². The molecule has 1 amide bonds. The van der Waals surface area contributed by atoms with Crippen molar-refractivity contribution in [3.63, 3.8) is 0 Å². The van der Waals surface area contributed by atoms with Crippen LogP contribution in [0.5, 0.6) is 0 Å². The molecule has 0 spiro atoms. The average Bonchev–Trinajstić information content (AvgIpc) is 2.86. The normalized spacial score (nSPS) is 12.4. The van der Waals surface area contributed by atoms with E-state index in [0.717, 1.165) is 5.56 Å². The summed E-state index contributed by atoms with van der Waals surface area (Å²) in [6, 6.07) is 1.41. The van der Waals surface area contributed by atoms with Gasteiger partial charge in [-0.05, 0) is 19.9 Å². The zero-order valence-corrected chi connectivity index (χ0v) is 8.89. The fraction of sp³-hybridized carbons (Fsp3) is 0.333. The van der Waals surface area contributed by atoms with Gasteiger partial charge < -0.3 is 9.73 Å². The van der Waals surface area contributed by atoms with E-state index in [2.05, 4.69) is 25.9 Å². The van der Waals surface area contributed by atoms with Gasteiger partial charge in [-0.1, -0.05) is 5.21 Å². The number of aryl methyl sites for hydroxylation is 1. The Kier molecular flexibility index (Phi) is 2.67. The Morgan fingerprint density at radius 3 is 3.00 bits per heavy atom. The van der Waals surface area contributed by atoms with Crippen LogP contribution in [0.4, 0.5) is 0 Å². The van der Waals surface area contributed by atoms with Crippen LogP contribution >= 0.6 is 0 Å². The predicted octanol–water partition coefficient (Wildman–Crippen LogP) is 0.592. The highest BCUT2D eigenvalue weighted by Gasteiger charge is 2.18. The standard InChI is InChI=1S/C9H11N5O2/c1-5-3-4-16-7(5)9(15)10-6(2)8-11-13-14-12-8/h3-4,6H,1-2H3,(H,10,15)(H,11,12,13,14). The number of aromatic amines is 1. The number of furan rings is 1. The first-order valence-electron chi connectivity index (χ1n) is 4.77. The van der Waals surface area contributed by atoms with Gasteiger partial charge in [0.05, 0.1) is 12.3 Å². The highest BCUT2D eigenvalue weighted by Crippen LogP contribution is 2.11. The number of carbonyl (C=O) groups is 1. The van der Waals surface area contributed by atoms with Crippen LogP contribution in [0.1, 0.15) is 34.9 Å². The van der Waals surface area contributed by atoms with Crippen molar-refractivity contribution in [2.24, 2.45) is 0 Å². The third-order valence-electron chi connectivity index (χ3n) is 2.16. The van der Waals surface area contributed by atoms with Crippen LogP contribution in [-0.2, 0) is 0 Å². The van der Waals surface area contributed by atoms with E-state index in [0.29, 0.717) is 11.6 Å². The van der Waals surface area contributed by atoms with E-state index in [4.69, 9.17) is 4.42 Å². The van der Waals surface area contributed by atoms with Crippen molar-refractivity contribution in [3.05, 3.63) is 29.5 Å². The number of carbonyl (C=O) groups excluding carboxylic acids is 1. The molecule has 7 nitrogen and oxygen atoms in total. The number of hydrogen-bond donors (Lipinski definition) is 2. The smallest absolute Gasteiger partial charge is 0.287 e. The second-order valence-corrected chi connectivity index (χ2v) is 3.40. The van der Waals surface area contributed by atoms with E-state index >= 15 is 0 Å². The quantitative estimate of drug-likeness (QED) is 0.790. The summed E-state index contributed by atoms with van der Waals surface area (Å²) in [4.78, 5) is 11.7. The topological polar surface area (TPSA) is 96.7 Å². The lowest BCUT2D eigenvalue weighted by molar-refractivity contribution is 0.0909. The van der Waals surface area contributed by atoms with E-state index < -0.39 is 0 Å². The number of nitrogens with zero attached hydrogens (tertiary/aromatic N) is 3. The molecular weight excluding hydrogens is 210 g/mol. The Morgan fingerprint density at radius 1 is 1.62 bits per heavy atom. The fourth-order valence-corrected chi connectivity index (χ4v) is 1.29. The molecule has 16 heavy (non-hydrogen) atoms. The first-order valence-corrected chi connectivity index (χ1v) is 4.77. The number of amides is 1. The Bertz CT molecular complexity index is 476. The maximum Gasteiger partial charge on any atom is 0.287 e. The van der Waals surface area contributed by atoms with Gasteiger partial charge in [-0.15, -0.1) is 10.2 Å². The molecule has 0 aliphatic carbocycles. The molecule has 0 aliphatic rings. The van der Waals surface area contributed by atoms with E-state index in [1.165, 1.54) is 6.26 Å². The fourth-order valence-electron chi connectivity index (χ4n) is 1.29. The first kappa shape index (κ1) is 10.3. The summed E-state index contributed by atoms with van der Waals surface area (Å²) in [5.74, 6) is 0.438. The molecular formula is C9H11N5O2. The summed E-state index contributed by atoms with van der Waals surface area (Å²) < 4.78 is 5.07. The van der Waals surface area contributed by atoms with Crippen LogP contribution in [-0.4, -0.2) is 26.5 Å². The van der Waals surface area contributed by atoms with Crippen LogP contribution in [0.2, 0.25) is 0 Å². The van der Waals surface area contributed by atoms with Gasteiger partial charge >= 0.3 is 0 Å². The molecule has 2 aromatic rings. The minimum atomic E-state index is -0.323. The molecule has 0 saturated carbocycles. The van der Waals surface area contributed by atoms with Gasteiger partial charge in [0, 0.05) is 5.56 Å². The Morgan fingerprint density at radius 2 is 2.44 bits per heavy atom. The first-order chi connectivity index (χ1) is 7.68. The maximum absolute atomic E-state index is 11.7. The zero-order valence-electron chi connectivity index (χ0n) is 8.89. The van der Waals surface area contributed by atoms with Gasteiger partial charge in [0.2, 0.25) is 0 Å². The lowest BCUT2D eigenvalue weighted by Gasteiger charge is -2.08. The molecule has 2 rings (SSSR count). The molecule has 1 atom stereocenters. The van der Waals surface area contributed by atoms with E-state index in [-0.39, 0.29) is 11.9 Å². The molecule has 0 fully saturated rings. The number of hydrogen-bond acceptors (Lipinski definition) is 5. The van der Waals surface area contributed by atoms with E-state index in [9.17, 15) is 4.79 Å². The van der Waals surface area contributed by atoms with Crippen molar-refractivity contribution in [2.75, 3.05) is 0 Å². The molecule has 2 heterocycles. The van der Waals surface area contributed by atoms with Crippen molar-refractivity contribution in [2.45, 2.75) is 19.9 Å². The summed E-state index contributed by atoms with van der Waals surface area (Å²) in [7, 11) is 0. The van der Waals surface area contributed by atoms with Crippen LogP contribution < -0.4 is 5.32 Å². The predicted molar refractivity (Wildman–Crippen MR) is 53.5 cm³/mol. The van der Waals surface area contributed by atoms with Crippen LogP contribution in [0.15, 0.2) is 16.7 Å². The molecule has 7 heteroatoms. The Hall–Kier alpha value is -2.18. The summed E-state index contributed by atoms with van der Waals surface area (Å²) >= 11 is 0. The van der Waals surface area contributed by atoms with Crippen LogP contribution in [0, 0.1) is 6.92 Å². The Balaban J connectivity index is 2.06. The highest BCUT2D eigenvalue weighted by atomic mass is 16.3. The van der Waals surface area contributed by atoms with Gasteiger partial charge in [-0.2, -0.15) is 5.21 Å². The number of nitrogens with one attached hydrogen (secondary N) is 2. The number of H-pyrrole nitrogens is 1. The van der Waals surface area contributed by atoms with E-state index in [1.807, 2.05) is 0 Å². The van der Waals surface area contributed by atoms with Gasteiger partial charge in [0.15, 0.2) is 11.6 Å². The van der Waals surface area contributed by atoms with Crippen molar-refractivity contribution < 1.29 is 9.21 Å². The molecule has 0 aromatic carbocycles. The van der Waals surface area contributed by atoms with Crippen LogP contribution in [0.3, 0.4) is 0 Å². The number of rotatable bonds is 3. The summed E-state index contributed by atoms with van der Waals surface area (Å²) in [6.45, 7) is 3.57. The third-order valence-corrected chi connectivity index (χ3v) is 2.16. The summed E-state index contributed by atoms with van der Waals surface area (Å²) in [5, 5.41) is 16.0. The highest BCUT2D eigenvalue weighted by molar-refractivity contribution is 5.92. The minimum absolute atomic E-state index is 0.292. The molecule has 0 aliphatic heterocycles. The summed E-state index contributed by atoms with van der Waals surface area (Å²) in [5.41, 5.74) is 0.790. The second kappa shape index (κ2) is 4.13. The van der Waals surface area contributed by atoms with Gasteiger partial charge in [-0.3, -0.25) is 4.79 Å². The lowest BCUT2D eigenvalue weighted by Crippen LogP contribution is -2.27. The molecule has 2 N–H and O–H groups in total. The molecule has 0 saturated heterocycles. The van der Waals surface area contributed by atoms with Crippen LogP contribution in [0.25, 0.3) is 0 Å². The zero-order chi connectivity index (χ0) is 11.5. The minimum Gasteiger partial charge on any atom is -0.459 e. The average molecular weight is 221 g/mol. The summed E-state index contributed by atoms with van der Waals surface area (Å²) in [6.07, 6.45) is 1.48.